The van der Waals surface area contributed by atoms with E-state index in [2.05, 4.69) is 10.3 Å². The van der Waals surface area contributed by atoms with E-state index in [1.165, 1.54) is 19.1 Å². The van der Waals surface area contributed by atoms with Gasteiger partial charge in [0.05, 0.1) is 37.3 Å². The number of fused-ring (bicyclic) bond motifs is 1. The van der Waals surface area contributed by atoms with Crippen molar-refractivity contribution in [1.82, 2.24) is 9.88 Å². The zero-order valence-electron chi connectivity index (χ0n) is 19.4. The SMILES string of the molecule is COc1cc2nccc(NC(C)c3cccc(C(F)F)c3F)c2cc1C1(OC)CN(C(C)=O)C1. The van der Waals surface area contributed by atoms with E-state index < -0.39 is 29.4 Å². The molecule has 1 aliphatic heterocycles. The molecule has 0 spiro atoms. The third kappa shape index (κ3) is 4.04. The van der Waals surface area contributed by atoms with Gasteiger partial charge in [-0.1, -0.05) is 18.2 Å². The van der Waals surface area contributed by atoms with Gasteiger partial charge in [-0.25, -0.2) is 13.2 Å². The van der Waals surface area contributed by atoms with Crippen LogP contribution in [-0.4, -0.2) is 43.1 Å². The summed E-state index contributed by atoms with van der Waals surface area (Å²) in [6.45, 7) is 3.97. The topological polar surface area (TPSA) is 63.7 Å². The molecule has 1 atom stereocenters. The lowest BCUT2D eigenvalue weighted by atomic mass is 9.84. The number of carbonyl (C=O) groups excluding carboxylic acids is 1. The predicted molar refractivity (Wildman–Crippen MR) is 123 cm³/mol. The Morgan fingerprint density at radius 2 is 1.88 bits per heavy atom. The fraction of sp³-hybridized carbons (Fsp3) is 0.360. The van der Waals surface area contributed by atoms with Crippen LogP contribution in [0, 0.1) is 5.82 Å². The number of halogens is 3. The van der Waals surface area contributed by atoms with Crippen LogP contribution in [0.1, 0.15) is 43.0 Å². The largest absolute Gasteiger partial charge is 0.496 e. The number of nitrogens with zero attached hydrogens (tertiary/aromatic N) is 2. The zero-order valence-corrected chi connectivity index (χ0v) is 19.4. The highest BCUT2D eigenvalue weighted by Gasteiger charge is 2.48. The van der Waals surface area contributed by atoms with Gasteiger partial charge in [-0.15, -0.1) is 0 Å². The van der Waals surface area contributed by atoms with E-state index in [4.69, 9.17) is 9.47 Å². The Balaban J connectivity index is 1.75. The summed E-state index contributed by atoms with van der Waals surface area (Å²) in [5, 5.41) is 3.96. The number of rotatable bonds is 7. The molecular formula is C25H26F3N3O3. The van der Waals surface area contributed by atoms with Crippen LogP contribution in [-0.2, 0) is 15.1 Å². The molecule has 0 saturated carbocycles. The number of ether oxygens (including phenoxy) is 2. The van der Waals surface area contributed by atoms with Crippen LogP contribution in [0.25, 0.3) is 10.9 Å². The van der Waals surface area contributed by atoms with Gasteiger partial charge in [-0.05, 0) is 19.1 Å². The number of carbonyl (C=O) groups is 1. The summed E-state index contributed by atoms with van der Waals surface area (Å²) in [5.41, 5.74) is 0.824. The lowest BCUT2D eigenvalue weighted by Gasteiger charge is -2.49. The van der Waals surface area contributed by atoms with Crippen LogP contribution in [0.3, 0.4) is 0 Å². The second kappa shape index (κ2) is 9.13. The van der Waals surface area contributed by atoms with Gasteiger partial charge in [0.25, 0.3) is 6.43 Å². The Bertz CT molecular complexity index is 1230. The van der Waals surface area contributed by atoms with Crippen molar-refractivity contribution in [3.63, 3.8) is 0 Å². The molecule has 0 aliphatic carbocycles. The zero-order chi connectivity index (χ0) is 24.6. The number of pyridine rings is 1. The number of alkyl halides is 2. The fourth-order valence-electron chi connectivity index (χ4n) is 4.41. The van der Waals surface area contributed by atoms with Crippen LogP contribution in [0.4, 0.5) is 18.9 Å². The molecule has 1 aromatic heterocycles. The number of nitrogens with one attached hydrogen (secondary N) is 1. The van der Waals surface area contributed by atoms with E-state index in [-0.39, 0.29) is 11.5 Å². The van der Waals surface area contributed by atoms with E-state index in [0.717, 1.165) is 17.0 Å². The Morgan fingerprint density at radius 1 is 1.18 bits per heavy atom. The lowest BCUT2D eigenvalue weighted by molar-refractivity contribution is -0.162. The normalized spacial score (nSPS) is 15.8. The average Bonchev–Trinajstić information content (AvgIpc) is 2.78. The van der Waals surface area contributed by atoms with Crippen molar-refractivity contribution in [1.29, 1.82) is 0 Å². The predicted octanol–water partition coefficient (Wildman–Crippen LogP) is 5.20. The number of likely N-dealkylation sites (tertiary alicyclic amines) is 1. The molecule has 2 heterocycles. The molecule has 1 fully saturated rings. The molecule has 2 aromatic carbocycles. The van der Waals surface area contributed by atoms with Crippen LogP contribution < -0.4 is 10.1 Å². The van der Waals surface area contributed by atoms with E-state index in [9.17, 15) is 18.0 Å². The maximum Gasteiger partial charge on any atom is 0.266 e. The Labute approximate surface area is 195 Å². The highest BCUT2D eigenvalue weighted by molar-refractivity contribution is 5.93. The monoisotopic (exact) mass is 473 g/mol. The van der Waals surface area contributed by atoms with Crippen LogP contribution >= 0.6 is 0 Å². The summed E-state index contributed by atoms with van der Waals surface area (Å²) in [6, 6.07) is 8.82. The summed E-state index contributed by atoms with van der Waals surface area (Å²) in [7, 11) is 3.14. The second-order valence-electron chi connectivity index (χ2n) is 8.42. The van der Waals surface area contributed by atoms with E-state index in [1.54, 1.807) is 44.4 Å². The van der Waals surface area contributed by atoms with Crippen molar-refractivity contribution in [2.75, 3.05) is 32.6 Å². The first-order chi connectivity index (χ1) is 16.2. The van der Waals surface area contributed by atoms with Crippen molar-refractivity contribution in [3.8, 4) is 5.75 Å². The standard InChI is InChI=1S/C25H26F3N3O3/c1-14(16-6-5-7-17(23(16)26)24(27)28)30-20-8-9-29-21-11-22(33-3)19(10-18(20)21)25(34-4)12-31(13-25)15(2)32/h5-11,14,24H,12-13H2,1-4H3,(H,29,30). The minimum absolute atomic E-state index is 0.0432. The maximum atomic E-state index is 14.7. The Hall–Kier alpha value is -3.33. The number of hydrogen-bond acceptors (Lipinski definition) is 5. The highest BCUT2D eigenvalue weighted by Crippen LogP contribution is 2.43. The first-order valence-corrected chi connectivity index (χ1v) is 10.8. The van der Waals surface area contributed by atoms with Crippen molar-refractivity contribution in [2.24, 2.45) is 0 Å². The number of aromatic nitrogens is 1. The summed E-state index contributed by atoms with van der Waals surface area (Å²) in [4.78, 5) is 17.9. The molecule has 1 saturated heterocycles. The van der Waals surface area contributed by atoms with E-state index in [0.29, 0.717) is 30.0 Å². The van der Waals surface area contributed by atoms with Gasteiger partial charge in [0, 0.05) is 48.5 Å². The summed E-state index contributed by atoms with van der Waals surface area (Å²) in [6.07, 6.45) is -1.29. The molecule has 1 amide bonds. The quantitative estimate of drug-likeness (QED) is 0.511. The number of methoxy groups -OCH3 is 2. The number of hydrogen-bond donors (Lipinski definition) is 1. The molecule has 0 radical (unpaired) electrons. The molecule has 4 rings (SSSR count). The molecular weight excluding hydrogens is 447 g/mol. The highest BCUT2D eigenvalue weighted by atomic mass is 19.3. The lowest BCUT2D eigenvalue weighted by Crippen LogP contribution is -2.61. The Kier molecular flexibility index (Phi) is 6.40. The summed E-state index contributed by atoms with van der Waals surface area (Å²) in [5.74, 6) is -0.389. The maximum absolute atomic E-state index is 14.7. The molecule has 34 heavy (non-hydrogen) atoms. The van der Waals surface area contributed by atoms with Crippen molar-refractivity contribution in [3.05, 3.63) is 65.1 Å². The molecule has 3 aromatic rings. The molecule has 1 N–H and O–H groups in total. The van der Waals surface area contributed by atoms with Crippen LogP contribution in [0.15, 0.2) is 42.6 Å². The summed E-state index contributed by atoms with van der Waals surface area (Å²) < 4.78 is 52.5. The first-order valence-electron chi connectivity index (χ1n) is 10.8. The van der Waals surface area contributed by atoms with Gasteiger partial charge in [0.1, 0.15) is 17.2 Å². The minimum Gasteiger partial charge on any atom is -0.496 e. The molecule has 180 valence electrons. The van der Waals surface area contributed by atoms with Crippen LogP contribution in [0.5, 0.6) is 5.75 Å². The first kappa shape index (κ1) is 23.8. The average molecular weight is 473 g/mol. The second-order valence-corrected chi connectivity index (χ2v) is 8.42. The van der Waals surface area contributed by atoms with Crippen molar-refractivity contribution >= 4 is 22.5 Å². The van der Waals surface area contributed by atoms with Gasteiger partial charge in [0.15, 0.2) is 0 Å². The number of amides is 1. The number of benzene rings is 2. The van der Waals surface area contributed by atoms with E-state index >= 15 is 0 Å². The van der Waals surface area contributed by atoms with Gasteiger partial charge >= 0.3 is 0 Å². The third-order valence-electron chi connectivity index (χ3n) is 6.41. The Morgan fingerprint density at radius 3 is 2.50 bits per heavy atom. The van der Waals surface area contributed by atoms with Gasteiger partial charge in [-0.2, -0.15) is 0 Å². The van der Waals surface area contributed by atoms with E-state index in [1.807, 2.05) is 6.07 Å². The van der Waals surface area contributed by atoms with Gasteiger partial charge in [-0.3, -0.25) is 9.78 Å². The molecule has 9 heteroatoms. The fourth-order valence-corrected chi connectivity index (χ4v) is 4.41. The minimum atomic E-state index is -2.90. The van der Waals surface area contributed by atoms with Gasteiger partial charge in [0.2, 0.25) is 5.91 Å². The molecule has 1 unspecified atom stereocenters. The van der Waals surface area contributed by atoms with Crippen LogP contribution in [0.2, 0.25) is 0 Å². The molecule has 0 bridgehead atoms. The van der Waals surface area contributed by atoms with Crippen molar-refractivity contribution < 1.29 is 27.4 Å². The van der Waals surface area contributed by atoms with Gasteiger partial charge < -0.3 is 19.7 Å². The molecule has 1 aliphatic rings. The summed E-state index contributed by atoms with van der Waals surface area (Å²) >= 11 is 0. The smallest absolute Gasteiger partial charge is 0.266 e. The van der Waals surface area contributed by atoms with Crippen molar-refractivity contribution in [2.45, 2.75) is 31.9 Å². The number of anilines is 1. The molecule has 6 nitrogen and oxygen atoms in total. The third-order valence-corrected chi connectivity index (χ3v) is 6.41.